The quantitative estimate of drug-likeness (QED) is 0.592. The van der Waals surface area contributed by atoms with Crippen LogP contribution in [0.5, 0.6) is 0 Å². The zero-order valence-electron chi connectivity index (χ0n) is 13.7. The standard InChI is InChI=1S/C17H28O2Si/c1-16(2,3)20(5,6)18-13-17(4)15(19-17)12-14-10-8-7-9-11-14/h7-11,15H,12-13H2,1-6H3/t15-,17-/m1/s1. The molecule has 1 fully saturated rings. The van der Waals surface area contributed by atoms with E-state index in [1.54, 1.807) is 0 Å². The Morgan fingerprint density at radius 3 is 2.35 bits per heavy atom. The predicted molar refractivity (Wildman–Crippen MR) is 86.6 cm³/mol. The highest BCUT2D eigenvalue weighted by Crippen LogP contribution is 2.42. The Kier molecular flexibility index (Phi) is 4.16. The molecule has 2 rings (SSSR count). The molecular formula is C17H28O2Si. The third-order valence-corrected chi connectivity index (χ3v) is 9.30. The van der Waals surface area contributed by atoms with Crippen molar-refractivity contribution in [2.45, 2.75) is 64.0 Å². The van der Waals surface area contributed by atoms with Gasteiger partial charge < -0.3 is 9.16 Å². The van der Waals surface area contributed by atoms with E-state index in [0.29, 0.717) is 6.10 Å². The van der Waals surface area contributed by atoms with Gasteiger partial charge in [0.2, 0.25) is 0 Å². The normalized spacial score (nSPS) is 26.6. The summed E-state index contributed by atoms with van der Waals surface area (Å²) in [6.07, 6.45) is 1.28. The van der Waals surface area contributed by atoms with Crippen LogP contribution in [0.3, 0.4) is 0 Å². The highest BCUT2D eigenvalue weighted by molar-refractivity contribution is 6.74. The van der Waals surface area contributed by atoms with E-state index in [4.69, 9.17) is 9.16 Å². The van der Waals surface area contributed by atoms with Gasteiger partial charge in [0.15, 0.2) is 8.32 Å². The van der Waals surface area contributed by atoms with Gasteiger partial charge in [0.1, 0.15) is 5.60 Å². The zero-order chi connectivity index (χ0) is 15.0. The maximum absolute atomic E-state index is 6.30. The summed E-state index contributed by atoms with van der Waals surface area (Å²) in [6.45, 7) is 14.3. The summed E-state index contributed by atoms with van der Waals surface area (Å²) in [4.78, 5) is 0. The van der Waals surface area contributed by atoms with Crippen LogP contribution in [0.25, 0.3) is 0 Å². The minimum atomic E-state index is -1.68. The fraction of sp³-hybridized carbons (Fsp3) is 0.647. The number of ether oxygens (including phenoxy) is 1. The minimum Gasteiger partial charge on any atom is -0.414 e. The Morgan fingerprint density at radius 1 is 1.20 bits per heavy atom. The lowest BCUT2D eigenvalue weighted by Gasteiger charge is -2.36. The van der Waals surface area contributed by atoms with E-state index >= 15 is 0 Å². The molecule has 0 aliphatic carbocycles. The molecule has 0 N–H and O–H groups in total. The summed E-state index contributed by atoms with van der Waals surface area (Å²) in [5.41, 5.74) is 1.25. The zero-order valence-corrected chi connectivity index (χ0v) is 14.7. The molecule has 0 spiro atoms. The molecule has 1 aromatic carbocycles. The van der Waals surface area contributed by atoms with E-state index in [-0.39, 0.29) is 10.6 Å². The summed E-state index contributed by atoms with van der Waals surface area (Å²) in [6, 6.07) is 10.5. The molecule has 0 saturated carbocycles. The molecule has 0 radical (unpaired) electrons. The molecule has 0 aromatic heterocycles. The second kappa shape index (κ2) is 5.28. The molecule has 2 nitrogen and oxygen atoms in total. The maximum atomic E-state index is 6.30. The van der Waals surface area contributed by atoms with E-state index in [0.717, 1.165) is 13.0 Å². The average Bonchev–Trinajstić information content (AvgIpc) is 2.98. The molecule has 20 heavy (non-hydrogen) atoms. The summed E-state index contributed by atoms with van der Waals surface area (Å²) in [5, 5.41) is 0.257. The van der Waals surface area contributed by atoms with Crippen LogP contribution in [0.1, 0.15) is 33.3 Å². The van der Waals surface area contributed by atoms with Gasteiger partial charge in [0.25, 0.3) is 0 Å². The van der Waals surface area contributed by atoms with Gasteiger partial charge in [-0.1, -0.05) is 51.1 Å². The second-order valence-electron chi connectivity index (χ2n) is 7.66. The Hall–Kier alpha value is -0.643. The molecule has 0 unspecified atom stereocenters. The van der Waals surface area contributed by atoms with E-state index in [1.807, 2.05) is 0 Å². The first-order valence-corrected chi connectivity index (χ1v) is 10.4. The van der Waals surface area contributed by atoms with Crippen molar-refractivity contribution in [1.29, 1.82) is 0 Å². The summed E-state index contributed by atoms with van der Waals surface area (Å²) >= 11 is 0. The summed E-state index contributed by atoms with van der Waals surface area (Å²) < 4.78 is 12.2. The van der Waals surface area contributed by atoms with Crippen molar-refractivity contribution < 1.29 is 9.16 Å². The van der Waals surface area contributed by atoms with E-state index in [2.05, 4.69) is 71.1 Å². The number of epoxide rings is 1. The molecule has 1 aromatic rings. The molecule has 3 heteroatoms. The number of rotatable bonds is 5. The van der Waals surface area contributed by atoms with Crippen LogP contribution in [0.4, 0.5) is 0 Å². The van der Waals surface area contributed by atoms with E-state index < -0.39 is 8.32 Å². The molecule has 1 saturated heterocycles. The lowest BCUT2D eigenvalue weighted by atomic mass is 10.0. The van der Waals surface area contributed by atoms with Gasteiger partial charge in [-0.05, 0) is 30.6 Å². The second-order valence-corrected chi connectivity index (χ2v) is 12.5. The maximum Gasteiger partial charge on any atom is 0.192 e. The van der Waals surface area contributed by atoms with Crippen LogP contribution in [0.2, 0.25) is 18.1 Å². The van der Waals surface area contributed by atoms with Crippen molar-refractivity contribution in [3.05, 3.63) is 35.9 Å². The molecule has 1 aliphatic heterocycles. The molecule has 1 aliphatic rings. The molecule has 0 bridgehead atoms. The van der Waals surface area contributed by atoms with Gasteiger partial charge in [-0.3, -0.25) is 0 Å². The molecule has 2 atom stereocenters. The van der Waals surface area contributed by atoms with Crippen molar-refractivity contribution in [2.24, 2.45) is 0 Å². The highest BCUT2D eigenvalue weighted by Gasteiger charge is 2.53. The van der Waals surface area contributed by atoms with Gasteiger partial charge in [-0.25, -0.2) is 0 Å². The Labute approximate surface area is 124 Å². The fourth-order valence-electron chi connectivity index (χ4n) is 2.04. The van der Waals surface area contributed by atoms with Gasteiger partial charge >= 0.3 is 0 Å². The smallest absolute Gasteiger partial charge is 0.192 e. The van der Waals surface area contributed by atoms with Crippen LogP contribution in [0.15, 0.2) is 30.3 Å². The van der Waals surface area contributed by atoms with Gasteiger partial charge in [-0.15, -0.1) is 0 Å². The Balaban J connectivity index is 1.86. The lowest BCUT2D eigenvalue weighted by Crippen LogP contribution is -2.43. The van der Waals surface area contributed by atoms with Crippen LogP contribution in [-0.2, 0) is 15.6 Å². The lowest BCUT2D eigenvalue weighted by molar-refractivity contribution is 0.187. The number of hydrogen-bond acceptors (Lipinski definition) is 2. The van der Waals surface area contributed by atoms with Crippen LogP contribution in [-0.4, -0.2) is 26.6 Å². The third kappa shape index (κ3) is 3.51. The Morgan fingerprint density at radius 2 is 1.80 bits per heavy atom. The Bertz CT molecular complexity index is 450. The number of benzene rings is 1. The highest BCUT2D eigenvalue weighted by atomic mass is 28.4. The monoisotopic (exact) mass is 292 g/mol. The first-order valence-electron chi connectivity index (χ1n) is 7.50. The van der Waals surface area contributed by atoms with Crippen molar-refractivity contribution in [1.82, 2.24) is 0 Å². The summed E-state index contributed by atoms with van der Waals surface area (Å²) in [5.74, 6) is 0. The largest absolute Gasteiger partial charge is 0.414 e. The first-order chi connectivity index (χ1) is 9.14. The predicted octanol–water partition coefficient (Wildman–Crippen LogP) is 4.41. The number of hydrogen-bond donors (Lipinski definition) is 0. The third-order valence-electron chi connectivity index (χ3n) is 4.83. The molecular weight excluding hydrogens is 264 g/mol. The van der Waals surface area contributed by atoms with Crippen LogP contribution in [0, 0.1) is 0 Å². The van der Waals surface area contributed by atoms with Gasteiger partial charge in [0, 0.05) is 6.42 Å². The summed E-state index contributed by atoms with van der Waals surface area (Å²) in [7, 11) is -1.68. The fourth-order valence-corrected chi connectivity index (χ4v) is 3.12. The van der Waals surface area contributed by atoms with Gasteiger partial charge in [0.05, 0.1) is 12.7 Å². The topological polar surface area (TPSA) is 21.8 Å². The van der Waals surface area contributed by atoms with Crippen molar-refractivity contribution in [3.8, 4) is 0 Å². The average molecular weight is 292 g/mol. The molecule has 112 valence electrons. The van der Waals surface area contributed by atoms with Crippen molar-refractivity contribution >= 4 is 8.32 Å². The molecule has 0 amide bonds. The van der Waals surface area contributed by atoms with Crippen molar-refractivity contribution in [3.63, 3.8) is 0 Å². The van der Waals surface area contributed by atoms with Gasteiger partial charge in [-0.2, -0.15) is 0 Å². The van der Waals surface area contributed by atoms with E-state index in [9.17, 15) is 0 Å². The first kappa shape index (κ1) is 15.7. The van der Waals surface area contributed by atoms with Crippen molar-refractivity contribution in [2.75, 3.05) is 6.61 Å². The van der Waals surface area contributed by atoms with E-state index in [1.165, 1.54) is 5.56 Å². The minimum absolute atomic E-state index is 0.0919. The van der Waals surface area contributed by atoms with Crippen LogP contribution < -0.4 is 0 Å². The van der Waals surface area contributed by atoms with Crippen LogP contribution >= 0.6 is 0 Å². The molecule has 1 heterocycles. The SMILES string of the molecule is CC(C)(C)[Si](C)(C)OC[C@@]1(C)O[C@@H]1Cc1ccccc1.